The monoisotopic (exact) mass is 388 g/mol. The third kappa shape index (κ3) is 6.71. The van der Waals surface area contributed by atoms with Crippen LogP contribution in [0.2, 0.25) is 5.15 Å². The topological polar surface area (TPSA) is 129 Å². The van der Waals surface area contributed by atoms with Crippen LogP contribution >= 0.6 is 11.6 Å². The summed E-state index contributed by atoms with van der Waals surface area (Å²) in [5.41, 5.74) is 0. The summed E-state index contributed by atoms with van der Waals surface area (Å²) in [5.74, 6) is -3.14. The number of ether oxygens (including phenoxy) is 2. The first-order chi connectivity index (χ1) is 12.5. The van der Waals surface area contributed by atoms with Crippen molar-refractivity contribution in [1.29, 1.82) is 0 Å². The second-order valence-electron chi connectivity index (χ2n) is 5.74. The molecule has 0 saturated carbocycles. The van der Waals surface area contributed by atoms with Gasteiger partial charge < -0.3 is 34.3 Å². The average Bonchev–Trinajstić information content (AvgIpc) is 3.14. The molecule has 0 spiro atoms. The fraction of sp³-hybridized carbons (Fsp3) is 0.600. The van der Waals surface area contributed by atoms with E-state index in [9.17, 15) is 0 Å². The summed E-state index contributed by atoms with van der Waals surface area (Å²) in [6.07, 6.45) is 4.33. The Bertz CT molecular complexity index is 594. The molecule has 0 unspecified atom stereocenters. The van der Waals surface area contributed by atoms with E-state index in [0.717, 1.165) is 58.2 Å². The zero-order valence-corrected chi connectivity index (χ0v) is 14.9. The highest BCUT2D eigenvalue weighted by molar-refractivity contribution is 6.29. The smallest absolute Gasteiger partial charge is 0.351 e. The minimum absolute atomic E-state index is 0.0133. The molecule has 0 amide bonds. The molecule has 1 aromatic rings. The van der Waals surface area contributed by atoms with Gasteiger partial charge in [-0.15, -0.1) is 0 Å². The van der Waals surface area contributed by atoms with E-state index in [4.69, 9.17) is 40.9 Å². The van der Waals surface area contributed by atoms with Crippen molar-refractivity contribution >= 4 is 29.4 Å². The van der Waals surface area contributed by atoms with Crippen molar-refractivity contribution < 1.29 is 34.2 Å². The molecule has 0 aliphatic carbocycles. The van der Waals surface area contributed by atoms with Crippen LogP contribution in [-0.2, 0) is 19.1 Å². The van der Waals surface area contributed by atoms with Gasteiger partial charge in [0.05, 0.1) is 58.3 Å². The Balaban J connectivity index is 0.000000352. The van der Waals surface area contributed by atoms with Gasteiger partial charge in [-0.05, 0) is 0 Å². The number of carboxylic acids is 2. The number of halogens is 1. The SMILES string of the molecule is Clc1cncc(N2CC[NH+](CCC3OCCO3)CC2)n1.O=C([O-])C(=O)O. The highest BCUT2D eigenvalue weighted by Gasteiger charge is 2.23. The summed E-state index contributed by atoms with van der Waals surface area (Å²) in [4.78, 5) is 30.3. The molecular weight excluding hydrogens is 368 g/mol. The predicted molar refractivity (Wildman–Crippen MR) is 87.8 cm³/mol. The largest absolute Gasteiger partial charge is 0.539 e. The lowest BCUT2D eigenvalue weighted by Crippen LogP contribution is -3.15. The first-order valence-corrected chi connectivity index (χ1v) is 8.57. The van der Waals surface area contributed by atoms with Crippen LogP contribution in [0.1, 0.15) is 6.42 Å². The number of rotatable bonds is 4. The molecule has 0 aromatic carbocycles. The summed E-state index contributed by atoms with van der Waals surface area (Å²) in [5, 5.41) is 16.8. The molecule has 26 heavy (non-hydrogen) atoms. The summed E-state index contributed by atoms with van der Waals surface area (Å²) in [7, 11) is 0. The molecule has 11 heteroatoms. The van der Waals surface area contributed by atoms with Crippen LogP contribution in [0.5, 0.6) is 0 Å². The normalized spacial score (nSPS) is 18.3. The van der Waals surface area contributed by atoms with Crippen LogP contribution in [-0.4, -0.2) is 79.2 Å². The van der Waals surface area contributed by atoms with Crippen molar-refractivity contribution in [2.75, 3.05) is 50.8 Å². The van der Waals surface area contributed by atoms with Gasteiger partial charge in [-0.1, -0.05) is 11.6 Å². The van der Waals surface area contributed by atoms with Crippen LogP contribution in [0.4, 0.5) is 5.82 Å². The summed E-state index contributed by atoms with van der Waals surface area (Å²) in [6.45, 7) is 6.73. The van der Waals surface area contributed by atoms with Crippen LogP contribution in [0.3, 0.4) is 0 Å². The Kier molecular flexibility index (Phi) is 7.98. The molecule has 0 bridgehead atoms. The van der Waals surface area contributed by atoms with Gasteiger partial charge in [-0.2, -0.15) is 0 Å². The molecule has 3 heterocycles. The van der Waals surface area contributed by atoms with Crippen LogP contribution in [0.15, 0.2) is 12.4 Å². The molecular formula is C15H21ClN4O6. The molecule has 2 aliphatic rings. The molecule has 2 saturated heterocycles. The zero-order chi connectivity index (χ0) is 18.9. The highest BCUT2D eigenvalue weighted by Crippen LogP contribution is 2.12. The minimum atomic E-state index is -2.07. The van der Waals surface area contributed by atoms with Gasteiger partial charge in [-0.25, -0.2) is 9.78 Å². The standard InChI is InChI=1S/C13H19ClN4O2.C2H2O4/c14-11-9-15-10-12(16-11)18-5-3-17(4-6-18)2-1-13-19-7-8-20-13;3-1(4)2(5)6/h9-10,13H,1-8H2;(H,3,4)(H,5,6). The van der Waals surface area contributed by atoms with Crippen molar-refractivity contribution in [1.82, 2.24) is 9.97 Å². The van der Waals surface area contributed by atoms with Crippen molar-refractivity contribution in [3.63, 3.8) is 0 Å². The van der Waals surface area contributed by atoms with E-state index >= 15 is 0 Å². The molecule has 10 nitrogen and oxygen atoms in total. The average molecular weight is 389 g/mol. The van der Waals surface area contributed by atoms with Gasteiger partial charge in [0.15, 0.2) is 12.3 Å². The second-order valence-corrected chi connectivity index (χ2v) is 6.13. The number of anilines is 1. The van der Waals surface area contributed by atoms with E-state index in [0.29, 0.717) is 5.15 Å². The molecule has 0 atom stereocenters. The van der Waals surface area contributed by atoms with E-state index < -0.39 is 11.9 Å². The molecule has 2 fully saturated rings. The second kappa shape index (κ2) is 10.2. The quantitative estimate of drug-likeness (QED) is 0.534. The van der Waals surface area contributed by atoms with E-state index in [1.807, 2.05) is 0 Å². The maximum atomic E-state index is 9.04. The molecule has 3 rings (SSSR count). The Labute approximate surface area is 155 Å². The Morgan fingerprint density at radius 3 is 2.46 bits per heavy atom. The first-order valence-electron chi connectivity index (χ1n) is 8.19. The van der Waals surface area contributed by atoms with Gasteiger partial charge in [0.25, 0.3) is 0 Å². The maximum absolute atomic E-state index is 9.04. The number of piperazine rings is 1. The van der Waals surface area contributed by atoms with Gasteiger partial charge in [0.2, 0.25) is 0 Å². The number of nitrogens with one attached hydrogen (secondary N) is 1. The fourth-order valence-corrected chi connectivity index (χ4v) is 2.83. The summed E-state index contributed by atoms with van der Waals surface area (Å²) in [6, 6.07) is 0. The van der Waals surface area contributed by atoms with Crippen molar-refractivity contribution in [2.45, 2.75) is 12.7 Å². The number of aliphatic carboxylic acids is 2. The lowest BCUT2D eigenvalue weighted by Gasteiger charge is -2.33. The molecule has 0 radical (unpaired) electrons. The number of carbonyl (C=O) groups is 2. The first kappa shape index (κ1) is 20.3. The molecule has 1 aromatic heterocycles. The minimum Gasteiger partial charge on any atom is -0.539 e. The third-order valence-electron chi connectivity index (χ3n) is 3.99. The maximum Gasteiger partial charge on any atom is 0.351 e. The Hall–Kier alpha value is -2.01. The molecule has 2 aliphatic heterocycles. The van der Waals surface area contributed by atoms with E-state index in [1.54, 1.807) is 17.3 Å². The van der Waals surface area contributed by atoms with Crippen LogP contribution < -0.4 is 14.9 Å². The number of hydrogen-bond acceptors (Lipinski definition) is 8. The summed E-state index contributed by atoms with van der Waals surface area (Å²) < 4.78 is 10.9. The summed E-state index contributed by atoms with van der Waals surface area (Å²) >= 11 is 5.88. The van der Waals surface area contributed by atoms with E-state index in [-0.39, 0.29) is 6.29 Å². The van der Waals surface area contributed by atoms with Crippen LogP contribution in [0, 0.1) is 0 Å². The third-order valence-corrected chi connectivity index (χ3v) is 4.17. The van der Waals surface area contributed by atoms with Gasteiger partial charge in [0.1, 0.15) is 11.0 Å². The zero-order valence-electron chi connectivity index (χ0n) is 14.1. The van der Waals surface area contributed by atoms with Gasteiger partial charge >= 0.3 is 5.97 Å². The van der Waals surface area contributed by atoms with Crippen molar-refractivity contribution in [3.8, 4) is 0 Å². The van der Waals surface area contributed by atoms with Gasteiger partial charge in [0, 0.05) is 6.42 Å². The van der Waals surface area contributed by atoms with Gasteiger partial charge in [-0.3, -0.25) is 4.98 Å². The lowest BCUT2D eigenvalue weighted by molar-refractivity contribution is -0.901. The number of carboxylic acid groups (broad SMARTS) is 2. The van der Waals surface area contributed by atoms with Crippen molar-refractivity contribution in [3.05, 3.63) is 17.5 Å². The number of carbonyl (C=O) groups excluding carboxylic acids is 1. The predicted octanol–water partition coefficient (Wildman–Crippen LogP) is -2.58. The Morgan fingerprint density at radius 2 is 1.92 bits per heavy atom. The van der Waals surface area contributed by atoms with Crippen LogP contribution in [0.25, 0.3) is 0 Å². The molecule has 2 N–H and O–H groups in total. The van der Waals surface area contributed by atoms with E-state index in [1.165, 1.54) is 0 Å². The number of hydrogen-bond donors (Lipinski definition) is 2. The number of aromatic nitrogens is 2. The number of nitrogens with zero attached hydrogens (tertiary/aromatic N) is 3. The Morgan fingerprint density at radius 1 is 1.31 bits per heavy atom. The van der Waals surface area contributed by atoms with Crippen molar-refractivity contribution in [2.24, 2.45) is 0 Å². The van der Waals surface area contributed by atoms with E-state index in [2.05, 4.69) is 14.9 Å². The fourth-order valence-electron chi connectivity index (χ4n) is 2.68. The number of quaternary nitrogens is 1. The highest BCUT2D eigenvalue weighted by atomic mass is 35.5. The molecule has 144 valence electrons. The lowest BCUT2D eigenvalue weighted by atomic mass is 10.3.